The Balaban J connectivity index is 1.82. The van der Waals surface area contributed by atoms with E-state index in [1.165, 1.54) is 10.8 Å². The Labute approximate surface area is 143 Å². The highest BCUT2D eigenvalue weighted by Gasteiger charge is 2.14. The van der Waals surface area contributed by atoms with Crippen molar-refractivity contribution in [2.75, 3.05) is 7.05 Å². The number of rotatable bonds is 3. The van der Waals surface area contributed by atoms with Gasteiger partial charge in [-0.15, -0.1) is 0 Å². The zero-order valence-corrected chi connectivity index (χ0v) is 14.4. The smallest absolute Gasteiger partial charge is 0.254 e. The van der Waals surface area contributed by atoms with Gasteiger partial charge in [0.2, 0.25) is 0 Å². The van der Waals surface area contributed by atoms with Gasteiger partial charge in [-0.25, -0.2) is 0 Å². The molecule has 0 aliphatic heterocycles. The first-order valence-electron chi connectivity index (χ1n) is 7.13. The van der Waals surface area contributed by atoms with Gasteiger partial charge in [0.15, 0.2) is 0 Å². The molecule has 0 atom stereocenters. The molecule has 0 bridgehead atoms. The first-order valence-corrected chi connectivity index (χ1v) is 8.21. The van der Waals surface area contributed by atoms with E-state index in [4.69, 9.17) is 0 Å². The van der Waals surface area contributed by atoms with E-state index in [9.17, 15) is 4.79 Å². The van der Waals surface area contributed by atoms with Crippen LogP contribution in [-0.2, 0) is 6.54 Å². The average Bonchev–Trinajstić information content (AvgIpc) is 2.54. The predicted octanol–water partition coefficient (Wildman–Crippen LogP) is 4.72. The maximum absolute atomic E-state index is 12.6. The van der Waals surface area contributed by atoms with Crippen LogP contribution in [0.25, 0.3) is 10.8 Å². The molecule has 0 fully saturated rings. The molecule has 3 rings (SSSR count). The maximum Gasteiger partial charge on any atom is 0.254 e. The van der Waals surface area contributed by atoms with Crippen molar-refractivity contribution in [3.05, 3.63) is 81.4 Å². The summed E-state index contributed by atoms with van der Waals surface area (Å²) >= 11 is 2.20. The number of amides is 1. The highest BCUT2D eigenvalue weighted by molar-refractivity contribution is 14.1. The van der Waals surface area contributed by atoms with Gasteiger partial charge in [0.25, 0.3) is 5.91 Å². The van der Waals surface area contributed by atoms with Crippen molar-refractivity contribution in [2.45, 2.75) is 6.54 Å². The van der Waals surface area contributed by atoms with Crippen LogP contribution < -0.4 is 0 Å². The van der Waals surface area contributed by atoms with E-state index < -0.39 is 0 Å². The number of halogens is 1. The van der Waals surface area contributed by atoms with Crippen LogP contribution in [0, 0.1) is 3.57 Å². The molecule has 3 aromatic carbocycles. The molecule has 0 aromatic heterocycles. The van der Waals surface area contributed by atoms with Crippen molar-refractivity contribution in [2.24, 2.45) is 0 Å². The lowest BCUT2D eigenvalue weighted by Crippen LogP contribution is -2.26. The van der Waals surface area contributed by atoms with Gasteiger partial charge in [0, 0.05) is 17.2 Å². The third kappa shape index (κ3) is 3.14. The lowest BCUT2D eigenvalue weighted by Gasteiger charge is -2.18. The van der Waals surface area contributed by atoms with Crippen LogP contribution in [0.3, 0.4) is 0 Å². The van der Waals surface area contributed by atoms with Gasteiger partial charge in [-0.2, -0.15) is 0 Å². The van der Waals surface area contributed by atoms with E-state index in [1.807, 2.05) is 43.4 Å². The zero-order valence-electron chi connectivity index (χ0n) is 12.3. The van der Waals surface area contributed by atoms with Crippen LogP contribution in [0.15, 0.2) is 66.7 Å². The average molecular weight is 401 g/mol. The number of nitrogens with zero attached hydrogens (tertiary/aromatic N) is 1. The predicted molar refractivity (Wildman–Crippen MR) is 98.9 cm³/mol. The van der Waals surface area contributed by atoms with Gasteiger partial charge in [0.1, 0.15) is 0 Å². The number of carbonyl (C=O) groups is 1. The second-order valence-corrected chi connectivity index (χ2v) is 6.48. The third-order valence-electron chi connectivity index (χ3n) is 3.68. The van der Waals surface area contributed by atoms with E-state index in [-0.39, 0.29) is 5.91 Å². The fraction of sp³-hybridized carbons (Fsp3) is 0.105. The van der Waals surface area contributed by atoms with Crippen LogP contribution in [0.2, 0.25) is 0 Å². The summed E-state index contributed by atoms with van der Waals surface area (Å²) in [4.78, 5) is 14.3. The quantitative estimate of drug-likeness (QED) is 0.582. The summed E-state index contributed by atoms with van der Waals surface area (Å²) in [5, 5.41) is 2.42. The number of benzene rings is 3. The first kappa shape index (κ1) is 15.0. The molecule has 110 valence electrons. The third-order valence-corrected chi connectivity index (χ3v) is 4.63. The minimum atomic E-state index is 0.0539. The van der Waals surface area contributed by atoms with Crippen LogP contribution >= 0.6 is 22.6 Å². The Bertz CT molecular complexity index is 828. The molecular weight excluding hydrogens is 385 g/mol. The first-order chi connectivity index (χ1) is 10.6. The second-order valence-electron chi connectivity index (χ2n) is 5.32. The molecule has 0 heterocycles. The van der Waals surface area contributed by atoms with Crippen LogP contribution in [0.1, 0.15) is 15.9 Å². The Hall–Kier alpha value is -1.88. The van der Waals surface area contributed by atoms with E-state index >= 15 is 0 Å². The molecule has 0 unspecified atom stereocenters. The topological polar surface area (TPSA) is 20.3 Å². The van der Waals surface area contributed by atoms with E-state index in [2.05, 4.69) is 52.9 Å². The van der Waals surface area contributed by atoms with Crippen molar-refractivity contribution in [3.8, 4) is 0 Å². The van der Waals surface area contributed by atoms with Crippen molar-refractivity contribution < 1.29 is 4.79 Å². The summed E-state index contributed by atoms with van der Waals surface area (Å²) in [6.07, 6.45) is 0. The zero-order chi connectivity index (χ0) is 15.5. The molecule has 3 aromatic rings. The normalized spacial score (nSPS) is 10.6. The fourth-order valence-corrected chi connectivity index (χ4v) is 3.14. The van der Waals surface area contributed by atoms with Gasteiger partial charge < -0.3 is 4.90 Å². The molecule has 0 N–H and O–H groups in total. The van der Waals surface area contributed by atoms with Gasteiger partial charge >= 0.3 is 0 Å². The maximum atomic E-state index is 12.6. The molecule has 0 saturated carbocycles. The Kier molecular flexibility index (Phi) is 4.43. The Morgan fingerprint density at radius 3 is 2.41 bits per heavy atom. The second kappa shape index (κ2) is 6.48. The van der Waals surface area contributed by atoms with Crippen molar-refractivity contribution in [3.63, 3.8) is 0 Å². The van der Waals surface area contributed by atoms with Gasteiger partial charge in [0.05, 0.1) is 5.56 Å². The van der Waals surface area contributed by atoms with Crippen molar-refractivity contribution >= 4 is 39.3 Å². The van der Waals surface area contributed by atoms with Crippen molar-refractivity contribution in [1.29, 1.82) is 0 Å². The van der Waals surface area contributed by atoms with E-state index in [0.717, 1.165) is 14.7 Å². The molecule has 3 heteroatoms. The SMILES string of the molecule is CN(Cc1ccc2ccccc2c1)C(=O)c1ccccc1I. The fourth-order valence-electron chi connectivity index (χ4n) is 2.52. The lowest BCUT2D eigenvalue weighted by molar-refractivity contribution is 0.0784. The highest BCUT2D eigenvalue weighted by atomic mass is 127. The Morgan fingerprint density at radius 1 is 0.955 bits per heavy atom. The number of carbonyl (C=O) groups excluding carboxylic acids is 1. The monoisotopic (exact) mass is 401 g/mol. The largest absolute Gasteiger partial charge is 0.337 e. The molecule has 0 radical (unpaired) electrons. The molecule has 0 aliphatic rings. The van der Waals surface area contributed by atoms with E-state index in [1.54, 1.807) is 4.90 Å². The molecule has 0 spiro atoms. The number of fused-ring (bicyclic) bond motifs is 1. The molecule has 0 saturated heterocycles. The van der Waals surface area contributed by atoms with Crippen molar-refractivity contribution in [1.82, 2.24) is 4.90 Å². The molecule has 0 aliphatic carbocycles. The molecule has 22 heavy (non-hydrogen) atoms. The Morgan fingerprint density at radius 2 is 1.64 bits per heavy atom. The number of hydrogen-bond acceptors (Lipinski definition) is 1. The number of hydrogen-bond donors (Lipinski definition) is 0. The summed E-state index contributed by atoms with van der Waals surface area (Å²) in [7, 11) is 1.85. The highest BCUT2D eigenvalue weighted by Crippen LogP contribution is 2.18. The summed E-state index contributed by atoms with van der Waals surface area (Å²) in [6, 6.07) is 22.3. The van der Waals surface area contributed by atoms with Crippen LogP contribution in [0.5, 0.6) is 0 Å². The lowest BCUT2D eigenvalue weighted by atomic mass is 10.1. The standard InChI is InChI=1S/C19H16INO/c1-21(19(22)17-8-4-5-9-18(17)20)13-14-10-11-15-6-2-3-7-16(15)12-14/h2-12H,13H2,1H3. The summed E-state index contributed by atoms with van der Waals surface area (Å²) < 4.78 is 0.982. The molecule has 1 amide bonds. The minimum Gasteiger partial charge on any atom is -0.337 e. The van der Waals surface area contributed by atoms with Crippen LogP contribution in [0.4, 0.5) is 0 Å². The minimum absolute atomic E-state index is 0.0539. The summed E-state index contributed by atoms with van der Waals surface area (Å²) in [5.74, 6) is 0.0539. The van der Waals surface area contributed by atoms with Gasteiger partial charge in [-0.1, -0.05) is 48.5 Å². The molecule has 2 nitrogen and oxygen atoms in total. The summed E-state index contributed by atoms with van der Waals surface area (Å²) in [6.45, 7) is 0.606. The van der Waals surface area contributed by atoms with Crippen LogP contribution in [-0.4, -0.2) is 17.9 Å². The summed E-state index contributed by atoms with van der Waals surface area (Å²) in [5.41, 5.74) is 1.90. The molecular formula is C19H16INO. The van der Waals surface area contributed by atoms with E-state index in [0.29, 0.717) is 6.54 Å². The van der Waals surface area contributed by atoms with Gasteiger partial charge in [-0.3, -0.25) is 4.79 Å². The van der Waals surface area contributed by atoms with Gasteiger partial charge in [-0.05, 0) is 57.1 Å².